The highest BCUT2D eigenvalue weighted by molar-refractivity contribution is 5.82. The van der Waals surface area contributed by atoms with Gasteiger partial charge in [0.15, 0.2) is 0 Å². The number of allylic oxidation sites excluding steroid dienone is 1. The molecule has 0 saturated carbocycles. The van der Waals surface area contributed by atoms with Crippen molar-refractivity contribution in [3.63, 3.8) is 0 Å². The second-order valence-electron chi connectivity index (χ2n) is 1.83. The van der Waals surface area contributed by atoms with E-state index >= 15 is 0 Å². The van der Waals surface area contributed by atoms with E-state index in [1.54, 1.807) is 0 Å². The molecule has 1 atom stereocenters. The normalized spacial score (nSPS) is 32.0. The van der Waals surface area contributed by atoms with Crippen LogP contribution in [-0.2, 0) is 9.53 Å². The van der Waals surface area contributed by atoms with Gasteiger partial charge in [0.05, 0.1) is 0 Å². The Morgan fingerprint density at radius 3 is 2.50 bits per heavy atom. The Morgan fingerprint density at radius 1 is 1.75 bits per heavy atom. The minimum atomic E-state index is -0.113. The third-order valence-electron chi connectivity index (χ3n) is 1.28. The zero-order valence-corrected chi connectivity index (χ0v) is 4.97. The SMILES string of the molecule is C/C=C1\OC(=O)C1C. The fourth-order valence-electron chi connectivity index (χ4n) is 0.660. The number of ether oxygens (including phenoxy) is 1. The maximum Gasteiger partial charge on any atom is 0.321 e. The molecular formula is C6H8O2. The highest BCUT2D eigenvalue weighted by Gasteiger charge is 2.31. The highest BCUT2D eigenvalue weighted by Crippen LogP contribution is 2.24. The Bertz CT molecular complexity index is 147. The average molecular weight is 112 g/mol. The molecule has 0 N–H and O–H groups in total. The molecule has 8 heavy (non-hydrogen) atoms. The molecule has 0 aromatic carbocycles. The van der Waals surface area contributed by atoms with Gasteiger partial charge in [0.1, 0.15) is 11.7 Å². The maximum absolute atomic E-state index is 10.3. The molecule has 1 unspecified atom stereocenters. The van der Waals surface area contributed by atoms with Crippen LogP contribution in [0.15, 0.2) is 11.8 Å². The van der Waals surface area contributed by atoms with Crippen molar-refractivity contribution < 1.29 is 9.53 Å². The summed E-state index contributed by atoms with van der Waals surface area (Å²) < 4.78 is 4.62. The molecule has 1 rings (SSSR count). The minimum absolute atomic E-state index is 0.0139. The lowest BCUT2D eigenvalue weighted by Crippen LogP contribution is -2.29. The van der Waals surface area contributed by atoms with Crippen molar-refractivity contribution in [1.29, 1.82) is 0 Å². The number of rotatable bonds is 0. The molecule has 44 valence electrons. The number of hydrogen-bond donors (Lipinski definition) is 0. The lowest BCUT2D eigenvalue weighted by molar-refractivity contribution is -0.155. The van der Waals surface area contributed by atoms with Gasteiger partial charge in [-0.1, -0.05) is 0 Å². The smallest absolute Gasteiger partial charge is 0.321 e. The topological polar surface area (TPSA) is 26.3 Å². The molecular weight excluding hydrogens is 104 g/mol. The van der Waals surface area contributed by atoms with Crippen LogP contribution in [-0.4, -0.2) is 5.97 Å². The predicted molar refractivity (Wildman–Crippen MR) is 29.0 cm³/mol. The van der Waals surface area contributed by atoms with Crippen LogP contribution in [0.25, 0.3) is 0 Å². The van der Waals surface area contributed by atoms with Gasteiger partial charge in [-0.25, -0.2) is 0 Å². The molecule has 0 aliphatic carbocycles. The van der Waals surface area contributed by atoms with Crippen LogP contribution in [0.1, 0.15) is 13.8 Å². The van der Waals surface area contributed by atoms with Crippen molar-refractivity contribution in [3.05, 3.63) is 11.8 Å². The zero-order chi connectivity index (χ0) is 6.15. The molecule has 2 nitrogen and oxygen atoms in total. The number of hydrogen-bond acceptors (Lipinski definition) is 2. The number of cyclic esters (lactones) is 1. The maximum atomic E-state index is 10.3. The van der Waals surface area contributed by atoms with E-state index in [-0.39, 0.29) is 11.9 Å². The van der Waals surface area contributed by atoms with Gasteiger partial charge in [0.25, 0.3) is 0 Å². The standard InChI is InChI=1S/C6H8O2/c1-3-5-4(2)6(7)8-5/h3-4H,1-2H3/b5-3-. The quantitative estimate of drug-likeness (QED) is 0.438. The molecule has 0 amide bonds. The summed E-state index contributed by atoms with van der Waals surface area (Å²) in [5.74, 6) is 0.702. The highest BCUT2D eigenvalue weighted by atomic mass is 16.6. The summed E-state index contributed by atoms with van der Waals surface area (Å²) in [7, 11) is 0. The largest absolute Gasteiger partial charge is 0.430 e. The van der Waals surface area contributed by atoms with Crippen LogP contribution in [0.4, 0.5) is 0 Å². The van der Waals surface area contributed by atoms with E-state index in [0.29, 0.717) is 0 Å². The van der Waals surface area contributed by atoms with Gasteiger partial charge < -0.3 is 4.74 Å². The fourth-order valence-corrected chi connectivity index (χ4v) is 0.660. The Morgan fingerprint density at radius 2 is 2.38 bits per heavy atom. The van der Waals surface area contributed by atoms with Gasteiger partial charge in [-0.05, 0) is 19.9 Å². The van der Waals surface area contributed by atoms with Crippen molar-refractivity contribution in [3.8, 4) is 0 Å². The van der Waals surface area contributed by atoms with Crippen molar-refractivity contribution in [2.45, 2.75) is 13.8 Å². The Kier molecular flexibility index (Phi) is 1.08. The van der Waals surface area contributed by atoms with E-state index in [0.717, 1.165) is 5.76 Å². The summed E-state index contributed by atoms with van der Waals surface area (Å²) >= 11 is 0. The molecule has 0 aromatic heterocycles. The second kappa shape index (κ2) is 1.62. The summed E-state index contributed by atoms with van der Waals surface area (Å²) in [6.45, 7) is 3.69. The van der Waals surface area contributed by atoms with Crippen LogP contribution >= 0.6 is 0 Å². The lowest BCUT2D eigenvalue weighted by Gasteiger charge is -2.23. The van der Waals surface area contributed by atoms with Crippen LogP contribution in [0.5, 0.6) is 0 Å². The van der Waals surface area contributed by atoms with Crippen LogP contribution < -0.4 is 0 Å². The van der Waals surface area contributed by atoms with Crippen LogP contribution in [0, 0.1) is 5.92 Å². The van der Waals surface area contributed by atoms with E-state index in [9.17, 15) is 4.79 Å². The van der Waals surface area contributed by atoms with Gasteiger partial charge in [-0.15, -0.1) is 0 Å². The third-order valence-corrected chi connectivity index (χ3v) is 1.28. The average Bonchev–Trinajstić information content (AvgIpc) is 1.81. The second-order valence-corrected chi connectivity index (χ2v) is 1.83. The van der Waals surface area contributed by atoms with Gasteiger partial charge in [0, 0.05) is 0 Å². The van der Waals surface area contributed by atoms with Crippen molar-refractivity contribution in [2.24, 2.45) is 5.92 Å². The molecule has 0 spiro atoms. The van der Waals surface area contributed by atoms with Crippen LogP contribution in [0.3, 0.4) is 0 Å². The van der Waals surface area contributed by atoms with Gasteiger partial charge in [0.2, 0.25) is 0 Å². The monoisotopic (exact) mass is 112 g/mol. The molecule has 0 bridgehead atoms. The summed E-state index contributed by atoms with van der Waals surface area (Å²) in [4.78, 5) is 10.3. The Balaban J connectivity index is 2.60. The van der Waals surface area contributed by atoms with Gasteiger partial charge >= 0.3 is 5.97 Å². The van der Waals surface area contributed by atoms with Crippen LogP contribution in [0.2, 0.25) is 0 Å². The molecule has 1 fully saturated rings. The molecule has 2 heteroatoms. The van der Waals surface area contributed by atoms with E-state index < -0.39 is 0 Å². The first-order valence-electron chi connectivity index (χ1n) is 2.63. The fraction of sp³-hybridized carbons (Fsp3) is 0.500. The number of carbonyl (C=O) groups excluding carboxylic acids is 1. The summed E-state index contributed by atoms with van der Waals surface area (Å²) in [5.41, 5.74) is 0. The van der Waals surface area contributed by atoms with Gasteiger partial charge in [-0.3, -0.25) is 4.79 Å². The van der Waals surface area contributed by atoms with Crippen molar-refractivity contribution in [1.82, 2.24) is 0 Å². The van der Waals surface area contributed by atoms with E-state index in [4.69, 9.17) is 0 Å². The van der Waals surface area contributed by atoms with Crippen molar-refractivity contribution in [2.75, 3.05) is 0 Å². The summed E-state index contributed by atoms with van der Waals surface area (Å²) in [6, 6.07) is 0. The zero-order valence-electron chi connectivity index (χ0n) is 4.97. The predicted octanol–water partition coefficient (Wildman–Crippen LogP) is 1.08. The molecule has 0 aromatic rings. The van der Waals surface area contributed by atoms with E-state index in [2.05, 4.69) is 4.74 Å². The summed E-state index contributed by atoms with van der Waals surface area (Å²) in [6.07, 6.45) is 1.81. The lowest BCUT2D eigenvalue weighted by atomic mass is 10.1. The molecule has 0 radical (unpaired) electrons. The van der Waals surface area contributed by atoms with Gasteiger partial charge in [-0.2, -0.15) is 0 Å². The molecule has 1 aliphatic rings. The van der Waals surface area contributed by atoms with Crippen molar-refractivity contribution >= 4 is 5.97 Å². The molecule has 1 heterocycles. The minimum Gasteiger partial charge on any atom is -0.430 e. The van der Waals surface area contributed by atoms with E-state index in [1.165, 1.54) is 0 Å². The number of carbonyl (C=O) groups is 1. The molecule has 1 saturated heterocycles. The Hall–Kier alpha value is -0.790. The van der Waals surface area contributed by atoms with E-state index in [1.807, 2.05) is 19.9 Å². The first-order valence-corrected chi connectivity index (χ1v) is 2.63. The summed E-state index contributed by atoms with van der Waals surface area (Å²) in [5, 5.41) is 0. The first-order chi connectivity index (χ1) is 3.75. The Labute approximate surface area is 48.1 Å². The third kappa shape index (κ3) is 0.529. The first kappa shape index (κ1) is 5.35. The molecule has 1 aliphatic heterocycles. The number of esters is 1.